The number of hydrogen-bond donors (Lipinski definition) is 1. The Kier molecular flexibility index (Phi) is 3.70. The van der Waals surface area contributed by atoms with E-state index in [-0.39, 0.29) is 0 Å². The van der Waals surface area contributed by atoms with Gasteiger partial charge >= 0.3 is 0 Å². The molecule has 0 saturated heterocycles. The quantitative estimate of drug-likeness (QED) is 0.778. The number of anilines is 1. The van der Waals surface area contributed by atoms with E-state index in [1.165, 1.54) is 0 Å². The molecular weight excluding hydrogens is 330 g/mol. The molecule has 0 unspecified atom stereocenters. The molecule has 5 nitrogen and oxygen atoms in total. The fraction of sp³-hybridized carbons (Fsp3) is 0.133. The molecule has 21 heavy (non-hydrogen) atoms. The van der Waals surface area contributed by atoms with Crippen LogP contribution in [0.5, 0.6) is 0 Å². The van der Waals surface area contributed by atoms with E-state index in [1.807, 2.05) is 49.0 Å². The standard InChI is InChI=1S/C15H14BrN5/c1-17-14-7-13-12(8-18-14)15(21(2)9-19-13)20-11-5-3-4-10(16)6-11/h3-9H,1-2H3,(H,17,18). The number of nitrogens with one attached hydrogen (secondary N) is 1. The molecule has 1 N–H and O–H groups in total. The largest absolute Gasteiger partial charge is 0.373 e. The second-order valence-electron chi connectivity index (χ2n) is 4.61. The van der Waals surface area contributed by atoms with Gasteiger partial charge < -0.3 is 9.88 Å². The van der Waals surface area contributed by atoms with E-state index in [2.05, 4.69) is 31.2 Å². The van der Waals surface area contributed by atoms with Crippen LogP contribution >= 0.6 is 15.9 Å². The van der Waals surface area contributed by atoms with Gasteiger partial charge in [0, 0.05) is 30.8 Å². The minimum absolute atomic E-state index is 0.789. The van der Waals surface area contributed by atoms with Crippen molar-refractivity contribution in [1.82, 2.24) is 14.5 Å². The van der Waals surface area contributed by atoms with Crippen LogP contribution in [0.25, 0.3) is 10.9 Å². The van der Waals surface area contributed by atoms with Gasteiger partial charge in [-0.25, -0.2) is 15.0 Å². The van der Waals surface area contributed by atoms with E-state index in [1.54, 1.807) is 12.5 Å². The SMILES string of the molecule is CNc1cc2ncn(C)c(=Nc3cccc(Br)c3)c2cn1. The highest BCUT2D eigenvalue weighted by Gasteiger charge is 2.03. The highest BCUT2D eigenvalue weighted by Crippen LogP contribution is 2.18. The van der Waals surface area contributed by atoms with Crippen LogP contribution in [0.15, 0.2) is 52.3 Å². The Morgan fingerprint density at radius 2 is 2.10 bits per heavy atom. The van der Waals surface area contributed by atoms with Crippen LogP contribution in [-0.2, 0) is 7.05 Å². The summed E-state index contributed by atoms with van der Waals surface area (Å²) >= 11 is 3.46. The van der Waals surface area contributed by atoms with Crippen molar-refractivity contribution in [2.75, 3.05) is 12.4 Å². The second kappa shape index (κ2) is 5.65. The molecule has 2 aromatic heterocycles. The predicted molar refractivity (Wildman–Crippen MR) is 87.4 cm³/mol. The lowest BCUT2D eigenvalue weighted by Crippen LogP contribution is -2.19. The number of pyridine rings is 1. The third-order valence-electron chi connectivity index (χ3n) is 3.13. The second-order valence-corrected chi connectivity index (χ2v) is 5.52. The van der Waals surface area contributed by atoms with E-state index in [4.69, 9.17) is 4.99 Å². The monoisotopic (exact) mass is 343 g/mol. The number of hydrogen-bond acceptors (Lipinski definition) is 4. The molecule has 2 heterocycles. The minimum atomic E-state index is 0.789. The van der Waals surface area contributed by atoms with E-state index < -0.39 is 0 Å². The molecule has 0 fully saturated rings. The third kappa shape index (κ3) is 2.80. The van der Waals surface area contributed by atoms with Gasteiger partial charge in [0.25, 0.3) is 0 Å². The van der Waals surface area contributed by atoms with E-state index in [0.717, 1.165) is 32.4 Å². The van der Waals surface area contributed by atoms with Gasteiger partial charge in [0.1, 0.15) is 11.3 Å². The zero-order valence-corrected chi connectivity index (χ0v) is 13.3. The summed E-state index contributed by atoms with van der Waals surface area (Å²) < 4.78 is 2.89. The first-order chi connectivity index (χ1) is 10.2. The molecule has 0 atom stereocenters. The lowest BCUT2D eigenvalue weighted by molar-refractivity contribution is 0.820. The van der Waals surface area contributed by atoms with Gasteiger partial charge in [0.2, 0.25) is 0 Å². The third-order valence-corrected chi connectivity index (χ3v) is 3.62. The van der Waals surface area contributed by atoms with Crippen LogP contribution < -0.4 is 10.8 Å². The fourth-order valence-corrected chi connectivity index (χ4v) is 2.45. The number of fused-ring (bicyclic) bond motifs is 1. The molecule has 6 heteroatoms. The van der Waals surface area contributed by atoms with Crippen molar-refractivity contribution < 1.29 is 0 Å². The Morgan fingerprint density at radius 1 is 1.24 bits per heavy atom. The van der Waals surface area contributed by atoms with Crippen molar-refractivity contribution in [1.29, 1.82) is 0 Å². The molecule has 0 aliphatic rings. The maximum atomic E-state index is 4.72. The average Bonchev–Trinajstić information content (AvgIpc) is 2.50. The lowest BCUT2D eigenvalue weighted by atomic mass is 10.3. The van der Waals surface area contributed by atoms with Crippen molar-refractivity contribution in [2.24, 2.45) is 12.0 Å². The van der Waals surface area contributed by atoms with Gasteiger partial charge in [-0.15, -0.1) is 0 Å². The minimum Gasteiger partial charge on any atom is -0.373 e. The molecule has 3 aromatic rings. The van der Waals surface area contributed by atoms with Gasteiger partial charge in [0.05, 0.1) is 22.9 Å². The van der Waals surface area contributed by atoms with Crippen molar-refractivity contribution in [3.8, 4) is 0 Å². The van der Waals surface area contributed by atoms with Crippen LogP contribution in [0.2, 0.25) is 0 Å². The summed E-state index contributed by atoms with van der Waals surface area (Å²) in [6, 6.07) is 9.79. The first-order valence-corrected chi connectivity index (χ1v) is 7.26. The van der Waals surface area contributed by atoms with Gasteiger partial charge in [-0.3, -0.25) is 0 Å². The van der Waals surface area contributed by atoms with Crippen molar-refractivity contribution in [3.63, 3.8) is 0 Å². The molecule has 0 aliphatic heterocycles. The van der Waals surface area contributed by atoms with E-state index in [9.17, 15) is 0 Å². The Hall–Kier alpha value is -2.21. The summed E-state index contributed by atoms with van der Waals surface area (Å²) in [6.45, 7) is 0. The van der Waals surface area contributed by atoms with Crippen molar-refractivity contribution >= 4 is 38.3 Å². The Balaban J connectivity index is 2.28. The van der Waals surface area contributed by atoms with E-state index in [0.29, 0.717) is 0 Å². The first kappa shape index (κ1) is 13.8. The molecule has 106 valence electrons. The number of benzene rings is 1. The summed E-state index contributed by atoms with van der Waals surface area (Å²) in [5, 5.41) is 3.93. The predicted octanol–water partition coefficient (Wildman–Crippen LogP) is 3.00. The topological polar surface area (TPSA) is 55.1 Å². The molecule has 0 aliphatic carbocycles. The van der Waals surface area contributed by atoms with Crippen LogP contribution in [0, 0.1) is 0 Å². The summed E-state index contributed by atoms with van der Waals surface area (Å²) in [6.07, 6.45) is 3.56. The summed E-state index contributed by atoms with van der Waals surface area (Å²) in [4.78, 5) is 13.5. The molecule has 0 saturated carbocycles. The molecule has 1 aromatic carbocycles. The van der Waals surface area contributed by atoms with Crippen LogP contribution in [-0.4, -0.2) is 21.6 Å². The number of aromatic nitrogens is 3. The summed E-state index contributed by atoms with van der Waals surface area (Å²) in [5.74, 6) is 0.789. The Labute approximate surface area is 130 Å². The highest BCUT2D eigenvalue weighted by atomic mass is 79.9. The number of aryl methyl sites for hydroxylation is 1. The Morgan fingerprint density at radius 3 is 2.86 bits per heavy atom. The number of halogens is 1. The maximum Gasteiger partial charge on any atom is 0.145 e. The van der Waals surface area contributed by atoms with Gasteiger partial charge in [-0.2, -0.15) is 0 Å². The molecule has 3 rings (SSSR count). The lowest BCUT2D eigenvalue weighted by Gasteiger charge is -2.05. The fourth-order valence-electron chi connectivity index (χ4n) is 2.06. The van der Waals surface area contributed by atoms with Crippen LogP contribution in [0.3, 0.4) is 0 Å². The normalized spacial score (nSPS) is 11.9. The average molecular weight is 344 g/mol. The molecule has 0 spiro atoms. The maximum absolute atomic E-state index is 4.72. The molecular formula is C15H14BrN5. The zero-order valence-electron chi connectivity index (χ0n) is 11.7. The number of nitrogens with zero attached hydrogens (tertiary/aromatic N) is 4. The molecule has 0 amide bonds. The van der Waals surface area contributed by atoms with Crippen LogP contribution in [0.4, 0.5) is 11.5 Å². The van der Waals surface area contributed by atoms with Crippen molar-refractivity contribution in [2.45, 2.75) is 0 Å². The Bertz CT molecular complexity index is 869. The van der Waals surface area contributed by atoms with Crippen molar-refractivity contribution in [3.05, 3.63) is 52.8 Å². The summed E-state index contributed by atoms with van der Waals surface area (Å²) in [7, 11) is 3.76. The molecule has 0 bridgehead atoms. The van der Waals surface area contributed by atoms with Gasteiger partial charge in [-0.1, -0.05) is 22.0 Å². The highest BCUT2D eigenvalue weighted by molar-refractivity contribution is 9.10. The first-order valence-electron chi connectivity index (χ1n) is 6.47. The summed E-state index contributed by atoms with van der Waals surface area (Å²) in [5.41, 5.74) is 2.57. The van der Waals surface area contributed by atoms with E-state index >= 15 is 0 Å². The molecule has 0 radical (unpaired) electrons. The van der Waals surface area contributed by atoms with Gasteiger partial charge in [-0.05, 0) is 18.2 Å². The number of rotatable bonds is 2. The zero-order chi connectivity index (χ0) is 14.8. The smallest absolute Gasteiger partial charge is 0.145 e. The van der Waals surface area contributed by atoms with Crippen LogP contribution in [0.1, 0.15) is 0 Å². The van der Waals surface area contributed by atoms with Gasteiger partial charge in [0.15, 0.2) is 0 Å².